The summed E-state index contributed by atoms with van der Waals surface area (Å²) in [7, 11) is 0. The highest BCUT2D eigenvalue weighted by atomic mass is 19.1. The molecule has 0 amide bonds. The van der Waals surface area contributed by atoms with Gasteiger partial charge in [-0.25, -0.2) is 4.39 Å². The summed E-state index contributed by atoms with van der Waals surface area (Å²) in [5, 5.41) is 0. The molecule has 0 radical (unpaired) electrons. The topological polar surface area (TPSA) is 0 Å². The van der Waals surface area contributed by atoms with Crippen molar-refractivity contribution in [3.05, 3.63) is 12.4 Å². The van der Waals surface area contributed by atoms with E-state index < -0.39 is 0 Å². The molecule has 0 aliphatic heterocycles. The van der Waals surface area contributed by atoms with Crippen LogP contribution in [0.2, 0.25) is 0 Å². The Bertz CT molecular complexity index is 163. The molecule has 0 rings (SSSR count). The van der Waals surface area contributed by atoms with E-state index in [9.17, 15) is 4.39 Å². The van der Waals surface area contributed by atoms with Crippen molar-refractivity contribution in [2.45, 2.75) is 90.4 Å². The molecule has 0 heterocycles. The van der Waals surface area contributed by atoms with Gasteiger partial charge in [-0.3, -0.25) is 0 Å². The number of unbranched alkanes of at least 4 members (excludes halogenated alkanes) is 11. The molecule has 0 atom stereocenters. The van der Waals surface area contributed by atoms with Crippen LogP contribution in [0.3, 0.4) is 0 Å². The molecule has 0 saturated heterocycles. The minimum absolute atomic E-state index is 0.155. The molecule has 0 aliphatic rings. The molecule has 0 nitrogen and oxygen atoms in total. The first-order chi connectivity index (χ1) is 8.27. The molecule has 0 aromatic heterocycles. The Morgan fingerprint density at radius 2 is 1.06 bits per heavy atom. The van der Waals surface area contributed by atoms with Crippen molar-refractivity contribution in [2.75, 3.05) is 0 Å². The van der Waals surface area contributed by atoms with Crippen LogP contribution in [0.1, 0.15) is 90.4 Å². The first-order valence-electron chi connectivity index (χ1n) is 7.60. The van der Waals surface area contributed by atoms with Crippen molar-refractivity contribution >= 4 is 0 Å². The van der Waals surface area contributed by atoms with Crippen molar-refractivity contribution in [3.63, 3.8) is 0 Å². The SMILES string of the molecule is C=C(F)CCCCCCCCCCCCCC. The zero-order chi connectivity index (χ0) is 12.8. The number of hydrogen-bond acceptors (Lipinski definition) is 0. The summed E-state index contributed by atoms with van der Waals surface area (Å²) in [5.41, 5.74) is 0. The Labute approximate surface area is 108 Å². The molecule has 0 aromatic carbocycles. The van der Waals surface area contributed by atoms with Gasteiger partial charge in [0, 0.05) is 0 Å². The highest BCUT2D eigenvalue weighted by molar-refractivity contribution is 4.78. The summed E-state index contributed by atoms with van der Waals surface area (Å²) in [5.74, 6) is -0.155. The maximum Gasteiger partial charge on any atom is 0.0928 e. The molecule has 0 saturated carbocycles. The van der Waals surface area contributed by atoms with Crippen LogP contribution in [0.4, 0.5) is 4.39 Å². The first-order valence-corrected chi connectivity index (χ1v) is 7.60. The molecule has 0 spiro atoms. The van der Waals surface area contributed by atoms with E-state index in [4.69, 9.17) is 0 Å². The molecule has 1 heteroatoms. The second-order valence-electron chi connectivity index (χ2n) is 5.16. The Balaban J connectivity index is 2.91. The van der Waals surface area contributed by atoms with Gasteiger partial charge in [0.2, 0.25) is 0 Å². The summed E-state index contributed by atoms with van der Waals surface area (Å²) in [6, 6.07) is 0. The highest BCUT2D eigenvalue weighted by Crippen LogP contribution is 2.13. The number of rotatable bonds is 13. The Morgan fingerprint density at radius 3 is 1.41 bits per heavy atom. The molecular formula is C16H31F. The quantitative estimate of drug-likeness (QED) is 0.321. The van der Waals surface area contributed by atoms with Gasteiger partial charge in [-0.05, 0) is 12.8 Å². The van der Waals surface area contributed by atoms with Gasteiger partial charge >= 0.3 is 0 Å². The van der Waals surface area contributed by atoms with E-state index in [1.54, 1.807) is 0 Å². The number of hydrogen-bond donors (Lipinski definition) is 0. The summed E-state index contributed by atoms with van der Waals surface area (Å²) in [6.07, 6.45) is 16.5. The van der Waals surface area contributed by atoms with Gasteiger partial charge in [0.1, 0.15) is 0 Å². The van der Waals surface area contributed by atoms with Crippen LogP contribution in [0, 0.1) is 0 Å². The second kappa shape index (κ2) is 13.7. The number of allylic oxidation sites excluding steroid dienone is 1. The Hall–Kier alpha value is -0.330. The van der Waals surface area contributed by atoms with E-state index in [-0.39, 0.29) is 5.83 Å². The van der Waals surface area contributed by atoms with Crippen LogP contribution in [0.5, 0.6) is 0 Å². The standard InChI is InChI=1S/C16H31F/c1-3-4-5-6-7-8-9-10-11-12-13-14-15-16(2)17/h2-15H2,1H3. The fourth-order valence-corrected chi connectivity index (χ4v) is 2.16. The normalized spacial score (nSPS) is 10.7. The van der Waals surface area contributed by atoms with Gasteiger partial charge < -0.3 is 0 Å². The highest BCUT2D eigenvalue weighted by Gasteiger charge is 1.94. The lowest BCUT2D eigenvalue weighted by Gasteiger charge is -2.02. The van der Waals surface area contributed by atoms with E-state index >= 15 is 0 Å². The van der Waals surface area contributed by atoms with E-state index in [1.165, 1.54) is 70.6 Å². The molecule has 0 fully saturated rings. The first kappa shape index (κ1) is 16.7. The van der Waals surface area contributed by atoms with Gasteiger partial charge in [0.05, 0.1) is 5.83 Å². The Morgan fingerprint density at radius 1 is 0.706 bits per heavy atom. The maximum absolute atomic E-state index is 12.3. The smallest absolute Gasteiger partial charge is 0.0928 e. The zero-order valence-corrected chi connectivity index (χ0v) is 11.8. The van der Waals surface area contributed by atoms with Crippen molar-refractivity contribution in [1.29, 1.82) is 0 Å². The summed E-state index contributed by atoms with van der Waals surface area (Å²) in [4.78, 5) is 0. The van der Waals surface area contributed by atoms with Gasteiger partial charge in [-0.2, -0.15) is 0 Å². The fraction of sp³-hybridized carbons (Fsp3) is 0.875. The predicted octanol–water partition coefficient (Wildman–Crippen LogP) is 6.56. The second-order valence-corrected chi connectivity index (χ2v) is 5.16. The van der Waals surface area contributed by atoms with Crippen molar-refractivity contribution in [2.24, 2.45) is 0 Å². The molecule has 0 unspecified atom stereocenters. The van der Waals surface area contributed by atoms with E-state index in [0.29, 0.717) is 6.42 Å². The van der Waals surface area contributed by atoms with Crippen LogP contribution in [0.15, 0.2) is 12.4 Å². The van der Waals surface area contributed by atoms with Crippen LogP contribution in [-0.4, -0.2) is 0 Å². The molecule has 17 heavy (non-hydrogen) atoms. The van der Waals surface area contributed by atoms with Crippen molar-refractivity contribution in [1.82, 2.24) is 0 Å². The average Bonchev–Trinajstić information content (AvgIpc) is 2.30. The Kier molecular flexibility index (Phi) is 13.5. The van der Waals surface area contributed by atoms with E-state index in [2.05, 4.69) is 13.5 Å². The van der Waals surface area contributed by atoms with E-state index in [0.717, 1.165) is 6.42 Å². The lowest BCUT2D eigenvalue weighted by atomic mass is 10.0. The van der Waals surface area contributed by atoms with Gasteiger partial charge in [-0.15, -0.1) is 0 Å². The summed E-state index contributed by atoms with van der Waals surface area (Å²) in [6.45, 7) is 5.54. The monoisotopic (exact) mass is 242 g/mol. The van der Waals surface area contributed by atoms with Crippen LogP contribution in [0.25, 0.3) is 0 Å². The minimum atomic E-state index is -0.155. The average molecular weight is 242 g/mol. The molecule has 0 aliphatic carbocycles. The number of halogens is 1. The molecule has 0 N–H and O–H groups in total. The third-order valence-electron chi connectivity index (χ3n) is 3.30. The van der Waals surface area contributed by atoms with Crippen molar-refractivity contribution < 1.29 is 4.39 Å². The molecular weight excluding hydrogens is 211 g/mol. The van der Waals surface area contributed by atoms with Crippen LogP contribution < -0.4 is 0 Å². The molecule has 0 aromatic rings. The predicted molar refractivity (Wildman–Crippen MR) is 75.9 cm³/mol. The van der Waals surface area contributed by atoms with Crippen LogP contribution >= 0.6 is 0 Å². The minimum Gasteiger partial charge on any atom is -0.212 e. The third kappa shape index (κ3) is 15.7. The lowest BCUT2D eigenvalue weighted by Crippen LogP contribution is -1.82. The lowest BCUT2D eigenvalue weighted by molar-refractivity contribution is 0.526. The van der Waals surface area contributed by atoms with Gasteiger partial charge in [-0.1, -0.05) is 84.1 Å². The van der Waals surface area contributed by atoms with E-state index in [1.807, 2.05) is 0 Å². The van der Waals surface area contributed by atoms with Gasteiger partial charge in [0.25, 0.3) is 0 Å². The summed E-state index contributed by atoms with van der Waals surface area (Å²) < 4.78 is 12.3. The van der Waals surface area contributed by atoms with Crippen molar-refractivity contribution in [3.8, 4) is 0 Å². The zero-order valence-electron chi connectivity index (χ0n) is 11.8. The molecule has 102 valence electrons. The van der Waals surface area contributed by atoms with Gasteiger partial charge in [0.15, 0.2) is 0 Å². The largest absolute Gasteiger partial charge is 0.212 e. The van der Waals surface area contributed by atoms with Crippen LogP contribution in [-0.2, 0) is 0 Å². The fourth-order valence-electron chi connectivity index (χ4n) is 2.16. The summed E-state index contributed by atoms with van der Waals surface area (Å²) >= 11 is 0. The molecule has 0 bridgehead atoms. The third-order valence-corrected chi connectivity index (χ3v) is 3.30. The maximum atomic E-state index is 12.3.